The number of carbonyl (C=O) groups excluding carboxylic acids is 1. The van der Waals surface area contributed by atoms with Crippen molar-refractivity contribution in [2.24, 2.45) is 0 Å². The highest BCUT2D eigenvalue weighted by molar-refractivity contribution is 7.89. The number of rotatable bonds is 5. The van der Waals surface area contributed by atoms with Crippen LogP contribution >= 0.6 is 0 Å². The van der Waals surface area contributed by atoms with Crippen molar-refractivity contribution in [2.45, 2.75) is 11.8 Å². The van der Waals surface area contributed by atoms with E-state index in [4.69, 9.17) is 0 Å². The largest absolute Gasteiger partial charge is 0.358 e. The van der Waals surface area contributed by atoms with Crippen LogP contribution in [0.1, 0.15) is 6.92 Å². The van der Waals surface area contributed by atoms with E-state index in [0.717, 1.165) is 4.31 Å². The lowest BCUT2D eigenvalue weighted by molar-refractivity contribution is -0.120. The van der Waals surface area contributed by atoms with Crippen LogP contribution in [-0.4, -0.2) is 49.0 Å². The summed E-state index contributed by atoms with van der Waals surface area (Å²) in [5.74, 6) is -0.353. The number of nitrogens with one attached hydrogen (secondary N) is 2. The van der Waals surface area contributed by atoms with E-state index in [1.54, 1.807) is 6.92 Å². The molecule has 7 nitrogen and oxygen atoms in total. The Balaban J connectivity index is 2.92. The molecule has 16 heavy (non-hydrogen) atoms. The van der Waals surface area contributed by atoms with Gasteiger partial charge in [0.25, 0.3) is 0 Å². The Morgan fingerprint density at radius 2 is 2.31 bits per heavy atom. The van der Waals surface area contributed by atoms with Crippen molar-refractivity contribution < 1.29 is 13.2 Å². The summed E-state index contributed by atoms with van der Waals surface area (Å²) in [6, 6.07) is 0. The Kier molecular flexibility index (Phi) is 4.02. The quantitative estimate of drug-likeness (QED) is 0.708. The minimum absolute atomic E-state index is 0.0539. The molecule has 90 valence electrons. The molecule has 2 N–H and O–H groups in total. The second kappa shape index (κ2) is 5.08. The highest BCUT2D eigenvalue weighted by Crippen LogP contribution is 2.12. The number of nitrogens with zero attached hydrogens (tertiary/aromatic N) is 2. The first-order valence-corrected chi connectivity index (χ1v) is 6.16. The summed E-state index contributed by atoms with van der Waals surface area (Å²) < 4.78 is 25.0. The lowest BCUT2D eigenvalue weighted by atomic mass is 10.5. The zero-order valence-corrected chi connectivity index (χ0v) is 9.91. The molecule has 1 rings (SSSR count). The fourth-order valence-electron chi connectivity index (χ4n) is 1.14. The van der Waals surface area contributed by atoms with Crippen molar-refractivity contribution in [3.8, 4) is 0 Å². The van der Waals surface area contributed by atoms with Gasteiger partial charge in [0.05, 0.1) is 12.7 Å². The maximum atomic E-state index is 12.0. The Morgan fingerprint density at radius 3 is 2.75 bits per heavy atom. The van der Waals surface area contributed by atoms with Crippen LogP contribution in [0.5, 0.6) is 0 Å². The molecule has 8 heteroatoms. The number of hydrogen-bond donors (Lipinski definition) is 2. The van der Waals surface area contributed by atoms with Gasteiger partial charge < -0.3 is 5.32 Å². The van der Waals surface area contributed by atoms with Crippen molar-refractivity contribution >= 4 is 15.9 Å². The van der Waals surface area contributed by atoms with Gasteiger partial charge >= 0.3 is 0 Å². The number of carbonyl (C=O) groups is 1. The number of aromatic nitrogens is 2. The van der Waals surface area contributed by atoms with Gasteiger partial charge in [-0.15, -0.1) is 0 Å². The fourth-order valence-corrected chi connectivity index (χ4v) is 2.45. The maximum Gasteiger partial charge on any atom is 0.246 e. The van der Waals surface area contributed by atoms with Crippen LogP contribution in [0, 0.1) is 0 Å². The van der Waals surface area contributed by atoms with E-state index in [0.29, 0.717) is 0 Å². The van der Waals surface area contributed by atoms with Crippen LogP contribution in [0.15, 0.2) is 17.3 Å². The molecule has 1 amide bonds. The third-order valence-corrected chi connectivity index (χ3v) is 3.95. The molecule has 0 saturated carbocycles. The zero-order valence-electron chi connectivity index (χ0n) is 9.10. The van der Waals surface area contributed by atoms with E-state index in [-0.39, 0.29) is 23.9 Å². The van der Waals surface area contributed by atoms with Gasteiger partial charge in [-0.3, -0.25) is 9.89 Å². The van der Waals surface area contributed by atoms with Crippen LogP contribution in [0.4, 0.5) is 0 Å². The van der Waals surface area contributed by atoms with Crippen molar-refractivity contribution in [1.29, 1.82) is 0 Å². The SMILES string of the molecule is CCN(CC(=O)NC)S(=O)(=O)c1cn[nH]c1. The molecule has 1 heterocycles. The number of amides is 1. The molecule has 0 radical (unpaired) electrons. The average molecular weight is 246 g/mol. The highest BCUT2D eigenvalue weighted by atomic mass is 32.2. The van der Waals surface area contributed by atoms with Gasteiger partial charge in [0, 0.05) is 19.8 Å². The summed E-state index contributed by atoms with van der Waals surface area (Å²) in [5, 5.41) is 8.38. The van der Waals surface area contributed by atoms with Gasteiger partial charge in [0.15, 0.2) is 0 Å². The van der Waals surface area contributed by atoms with E-state index in [9.17, 15) is 13.2 Å². The highest BCUT2D eigenvalue weighted by Gasteiger charge is 2.25. The van der Waals surface area contributed by atoms with Gasteiger partial charge in [0.1, 0.15) is 4.90 Å². The third-order valence-electron chi connectivity index (χ3n) is 2.06. The van der Waals surface area contributed by atoms with Crippen LogP contribution in [0.3, 0.4) is 0 Å². The third kappa shape index (κ3) is 2.58. The molecule has 1 aromatic heterocycles. The van der Waals surface area contributed by atoms with Crippen LogP contribution in [0.25, 0.3) is 0 Å². The second-order valence-electron chi connectivity index (χ2n) is 3.04. The van der Waals surface area contributed by atoms with Crippen molar-refractivity contribution in [2.75, 3.05) is 20.1 Å². The van der Waals surface area contributed by atoms with Gasteiger partial charge in [-0.05, 0) is 0 Å². The molecule has 0 aliphatic rings. The second-order valence-corrected chi connectivity index (χ2v) is 4.98. The number of H-pyrrole nitrogens is 1. The summed E-state index contributed by atoms with van der Waals surface area (Å²) in [4.78, 5) is 11.2. The molecule has 0 aromatic carbocycles. The average Bonchev–Trinajstić information content (AvgIpc) is 2.78. The minimum Gasteiger partial charge on any atom is -0.358 e. The summed E-state index contributed by atoms with van der Waals surface area (Å²) in [5.41, 5.74) is 0. The number of aromatic amines is 1. The molecule has 0 aliphatic heterocycles. The molecule has 1 aromatic rings. The monoisotopic (exact) mass is 246 g/mol. The maximum absolute atomic E-state index is 12.0. The van der Waals surface area contributed by atoms with Gasteiger partial charge in [-0.2, -0.15) is 9.40 Å². The molecule has 0 saturated heterocycles. The first-order valence-electron chi connectivity index (χ1n) is 4.72. The molecule has 0 aliphatic carbocycles. The van der Waals surface area contributed by atoms with Crippen molar-refractivity contribution in [3.05, 3.63) is 12.4 Å². The molecule has 0 spiro atoms. The van der Waals surface area contributed by atoms with Gasteiger partial charge in [-0.1, -0.05) is 6.92 Å². The molecule has 0 atom stereocenters. The predicted molar refractivity (Wildman–Crippen MR) is 57.1 cm³/mol. The topological polar surface area (TPSA) is 95.2 Å². The standard InChI is InChI=1S/C8H14N4O3S/c1-3-12(6-8(13)9-2)16(14,15)7-4-10-11-5-7/h4-5H,3,6H2,1-2H3,(H,9,13)(H,10,11). The smallest absolute Gasteiger partial charge is 0.246 e. The van der Waals surface area contributed by atoms with E-state index < -0.39 is 10.0 Å². The Hall–Kier alpha value is -1.41. The lowest BCUT2D eigenvalue weighted by Crippen LogP contribution is -2.39. The van der Waals surface area contributed by atoms with E-state index in [1.807, 2.05) is 0 Å². The fraction of sp³-hybridized carbons (Fsp3) is 0.500. The van der Waals surface area contributed by atoms with E-state index in [1.165, 1.54) is 19.4 Å². The first-order chi connectivity index (χ1) is 7.52. The molecular formula is C8H14N4O3S. The Morgan fingerprint density at radius 1 is 1.62 bits per heavy atom. The minimum atomic E-state index is -3.63. The number of hydrogen-bond acceptors (Lipinski definition) is 4. The molecule has 0 fully saturated rings. The number of likely N-dealkylation sites (N-methyl/N-ethyl adjacent to an activating group) is 2. The predicted octanol–water partition coefficient (Wildman–Crippen LogP) is -0.834. The van der Waals surface area contributed by atoms with Gasteiger partial charge in [-0.25, -0.2) is 8.42 Å². The molecule has 0 unspecified atom stereocenters. The molecule has 0 bridgehead atoms. The summed E-state index contributed by atoms with van der Waals surface area (Å²) in [6.07, 6.45) is 2.49. The first kappa shape index (κ1) is 12.7. The van der Waals surface area contributed by atoms with Crippen molar-refractivity contribution in [1.82, 2.24) is 19.8 Å². The summed E-state index contributed by atoms with van der Waals surface area (Å²) >= 11 is 0. The Bertz CT molecular complexity index is 440. The van der Waals surface area contributed by atoms with Crippen LogP contribution < -0.4 is 5.32 Å². The van der Waals surface area contributed by atoms with Gasteiger partial charge in [0.2, 0.25) is 15.9 Å². The van der Waals surface area contributed by atoms with Crippen LogP contribution in [-0.2, 0) is 14.8 Å². The van der Waals surface area contributed by atoms with E-state index in [2.05, 4.69) is 15.5 Å². The van der Waals surface area contributed by atoms with Crippen molar-refractivity contribution in [3.63, 3.8) is 0 Å². The number of sulfonamides is 1. The Labute approximate surface area is 93.9 Å². The zero-order chi connectivity index (χ0) is 12.2. The van der Waals surface area contributed by atoms with E-state index >= 15 is 0 Å². The summed E-state index contributed by atoms with van der Waals surface area (Å²) in [6.45, 7) is 1.70. The van der Waals surface area contributed by atoms with Crippen LogP contribution in [0.2, 0.25) is 0 Å². The summed E-state index contributed by atoms with van der Waals surface area (Å²) in [7, 11) is -2.18. The molecular weight excluding hydrogens is 232 g/mol. The normalized spacial score (nSPS) is 11.7. The lowest BCUT2D eigenvalue weighted by Gasteiger charge is -2.18.